The summed E-state index contributed by atoms with van der Waals surface area (Å²) in [6.07, 6.45) is 1.71. The second-order valence-electron chi connectivity index (χ2n) is 6.88. The molecule has 0 spiro atoms. The largest absolute Gasteiger partial charge is 0.343 e. The molecule has 1 atom stereocenters. The second kappa shape index (κ2) is 9.28. The van der Waals surface area contributed by atoms with Gasteiger partial charge < -0.3 is 5.32 Å². The van der Waals surface area contributed by atoms with Gasteiger partial charge in [-0.25, -0.2) is 4.68 Å². The Hall–Kier alpha value is -1.94. The lowest BCUT2D eigenvalue weighted by atomic mass is 10.1. The number of nitrogens with zero attached hydrogens (tertiary/aromatic N) is 3. The van der Waals surface area contributed by atoms with Crippen molar-refractivity contribution < 1.29 is 4.79 Å². The van der Waals surface area contributed by atoms with Gasteiger partial charge in [0, 0.05) is 16.8 Å². The van der Waals surface area contributed by atoms with Gasteiger partial charge in [-0.2, -0.15) is 5.10 Å². The molecule has 1 N–H and O–H groups in total. The predicted octanol–water partition coefficient (Wildman–Crippen LogP) is 6.71. The summed E-state index contributed by atoms with van der Waals surface area (Å²) in [6, 6.07) is 14.6. The highest BCUT2D eigenvalue weighted by Crippen LogP contribution is 2.36. The molecule has 3 heterocycles. The van der Waals surface area contributed by atoms with E-state index in [0.717, 1.165) is 24.7 Å². The maximum atomic E-state index is 13.2. The fraction of sp³-hybridized carbons (Fsp3) is 0.136. The van der Waals surface area contributed by atoms with Crippen LogP contribution in [0, 0.1) is 9.81 Å². The van der Waals surface area contributed by atoms with Crippen molar-refractivity contribution in [2.24, 2.45) is 0 Å². The topological polar surface area (TPSA) is 59.8 Å². The highest BCUT2D eigenvalue weighted by Gasteiger charge is 2.25. The molecule has 0 aliphatic heterocycles. The summed E-state index contributed by atoms with van der Waals surface area (Å²) in [5.41, 5.74) is 3.38. The second-order valence-corrected chi connectivity index (χ2v) is 10.7. The van der Waals surface area contributed by atoms with Crippen molar-refractivity contribution in [2.75, 3.05) is 0 Å². The molecule has 0 fully saturated rings. The maximum Gasteiger partial charge on any atom is 0.272 e. The van der Waals surface area contributed by atoms with Gasteiger partial charge in [0.15, 0.2) is 5.69 Å². The first kappa shape index (κ1) is 22.3. The number of benzene rings is 1. The Labute approximate surface area is 207 Å². The molecule has 5 nitrogen and oxygen atoms in total. The molecule has 1 amide bonds. The monoisotopic (exact) mass is 582 g/mol. The quantitative estimate of drug-likeness (QED) is 0.266. The van der Waals surface area contributed by atoms with Crippen LogP contribution in [0.15, 0.2) is 54.7 Å². The van der Waals surface area contributed by atoms with Crippen molar-refractivity contribution in [3.8, 4) is 16.3 Å². The lowest BCUT2D eigenvalue weighted by Crippen LogP contribution is -2.28. The van der Waals surface area contributed by atoms with Gasteiger partial charge in [0.2, 0.25) is 0 Å². The third-order valence-electron chi connectivity index (χ3n) is 4.76. The summed E-state index contributed by atoms with van der Waals surface area (Å²) in [4.78, 5) is 18.5. The minimum absolute atomic E-state index is 0.261. The van der Waals surface area contributed by atoms with Crippen LogP contribution in [-0.2, 0) is 0 Å². The van der Waals surface area contributed by atoms with Crippen LogP contribution >= 0.6 is 57.1 Å². The Kier molecular flexibility index (Phi) is 6.66. The number of rotatable bonds is 5. The van der Waals surface area contributed by atoms with E-state index in [0.29, 0.717) is 21.4 Å². The van der Waals surface area contributed by atoms with Crippen LogP contribution in [0.3, 0.4) is 0 Å². The van der Waals surface area contributed by atoms with Crippen LogP contribution in [0.25, 0.3) is 16.3 Å². The number of carbonyl (C=O) groups excluding carboxylic acids is 1. The minimum atomic E-state index is -0.271. The summed E-state index contributed by atoms with van der Waals surface area (Å²) in [5.74, 6) is -0.271. The van der Waals surface area contributed by atoms with E-state index in [1.54, 1.807) is 40.4 Å². The molecule has 0 saturated heterocycles. The zero-order chi connectivity index (χ0) is 22.1. The molecular formula is C22H17Cl2IN4OS. The number of nitrogens with one attached hydrogen (secondary N) is 1. The van der Waals surface area contributed by atoms with Crippen LogP contribution in [0.4, 0.5) is 0 Å². The molecule has 0 aliphatic rings. The standard InChI is InChI=1S/C22H17Cl2IN4OS/c1-12-20(22(30)27-13(2)16-5-3-4-10-26-16)28-29(17-7-6-14(23)11-15(17)24)21(12)18-8-9-19(25)31-18/h3-11,13H,1-2H3,(H,27,30). The van der Waals surface area contributed by atoms with Crippen molar-refractivity contribution in [2.45, 2.75) is 19.9 Å². The number of halogens is 3. The molecule has 9 heteroatoms. The normalized spacial score (nSPS) is 12.0. The SMILES string of the molecule is Cc1c(C(=O)NC(C)c2ccccn2)nn(-c2ccc(Cl)cc2Cl)c1-c1ccc(I)s1. The van der Waals surface area contributed by atoms with E-state index < -0.39 is 0 Å². The first-order chi connectivity index (χ1) is 14.8. The smallest absolute Gasteiger partial charge is 0.272 e. The molecular weight excluding hydrogens is 566 g/mol. The lowest BCUT2D eigenvalue weighted by Gasteiger charge is -2.12. The van der Waals surface area contributed by atoms with Crippen LogP contribution in [0.1, 0.15) is 34.7 Å². The third kappa shape index (κ3) is 4.64. The molecule has 31 heavy (non-hydrogen) atoms. The number of hydrogen-bond donors (Lipinski definition) is 1. The lowest BCUT2D eigenvalue weighted by molar-refractivity contribution is 0.0933. The van der Waals surface area contributed by atoms with Gasteiger partial charge in [-0.15, -0.1) is 11.3 Å². The Morgan fingerprint density at radius 2 is 2.00 bits per heavy atom. The molecule has 4 rings (SSSR count). The van der Waals surface area contributed by atoms with E-state index in [1.165, 1.54) is 0 Å². The summed E-state index contributed by atoms with van der Waals surface area (Å²) >= 11 is 16.5. The number of pyridine rings is 1. The highest BCUT2D eigenvalue weighted by molar-refractivity contribution is 14.1. The predicted molar refractivity (Wildman–Crippen MR) is 134 cm³/mol. The number of thiophene rings is 1. The fourth-order valence-electron chi connectivity index (χ4n) is 3.24. The first-order valence-electron chi connectivity index (χ1n) is 9.37. The van der Waals surface area contributed by atoms with Crippen molar-refractivity contribution in [3.05, 3.63) is 84.6 Å². The maximum absolute atomic E-state index is 13.2. The van der Waals surface area contributed by atoms with E-state index in [9.17, 15) is 4.79 Å². The number of aromatic nitrogens is 3. The third-order valence-corrected chi connectivity index (χ3v) is 7.20. The molecule has 4 aromatic rings. The van der Waals surface area contributed by atoms with Crippen LogP contribution in [0.5, 0.6) is 0 Å². The van der Waals surface area contributed by atoms with Gasteiger partial charge in [-0.3, -0.25) is 9.78 Å². The van der Waals surface area contributed by atoms with E-state index >= 15 is 0 Å². The zero-order valence-electron chi connectivity index (χ0n) is 16.6. The molecule has 0 radical (unpaired) electrons. The first-order valence-corrected chi connectivity index (χ1v) is 12.0. The van der Waals surface area contributed by atoms with Gasteiger partial charge >= 0.3 is 0 Å². The Morgan fingerprint density at radius 1 is 1.19 bits per heavy atom. The number of hydrogen-bond acceptors (Lipinski definition) is 4. The van der Waals surface area contributed by atoms with Crippen molar-refractivity contribution in [1.29, 1.82) is 0 Å². The molecule has 0 saturated carbocycles. The molecule has 3 aromatic heterocycles. The summed E-state index contributed by atoms with van der Waals surface area (Å²) in [7, 11) is 0. The van der Waals surface area contributed by atoms with Crippen molar-refractivity contribution >= 4 is 63.0 Å². The Bertz CT molecular complexity index is 1260. The molecule has 158 valence electrons. The van der Waals surface area contributed by atoms with E-state index in [4.69, 9.17) is 23.2 Å². The number of carbonyl (C=O) groups is 1. The molecule has 1 unspecified atom stereocenters. The highest BCUT2D eigenvalue weighted by atomic mass is 127. The molecule has 1 aromatic carbocycles. The van der Waals surface area contributed by atoms with Gasteiger partial charge in [-0.05, 0) is 78.9 Å². The average Bonchev–Trinajstić information content (AvgIpc) is 3.31. The van der Waals surface area contributed by atoms with Crippen LogP contribution in [-0.4, -0.2) is 20.7 Å². The van der Waals surface area contributed by atoms with Gasteiger partial charge in [0.05, 0.1) is 35.9 Å². The van der Waals surface area contributed by atoms with Crippen LogP contribution in [0.2, 0.25) is 10.0 Å². The van der Waals surface area contributed by atoms with Crippen LogP contribution < -0.4 is 5.32 Å². The van der Waals surface area contributed by atoms with Crippen molar-refractivity contribution in [1.82, 2.24) is 20.1 Å². The summed E-state index contributed by atoms with van der Waals surface area (Å²) in [5, 5.41) is 8.65. The zero-order valence-corrected chi connectivity index (χ0v) is 21.1. The fourth-order valence-corrected chi connectivity index (χ4v) is 5.44. The summed E-state index contributed by atoms with van der Waals surface area (Å²) < 4.78 is 2.85. The van der Waals surface area contributed by atoms with E-state index in [1.807, 2.05) is 44.2 Å². The van der Waals surface area contributed by atoms with Gasteiger partial charge in [-0.1, -0.05) is 29.3 Å². The summed E-state index contributed by atoms with van der Waals surface area (Å²) in [6.45, 7) is 3.79. The Balaban J connectivity index is 1.79. The van der Waals surface area contributed by atoms with Gasteiger partial charge in [0.1, 0.15) is 0 Å². The van der Waals surface area contributed by atoms with Gasteiger partial charge in [0.25, 0.3) is 5.91 Å². The average molecular weight is 583 g/mol. The van der Waals surface area contributed by atoms with E-state index in [2.05, 4.69) is 38.0 Å². The van der Waals surface area contributed by atoms with Crippen molar-refractivity contribution in [3.63, 3.8) is 0 Å². The molecule has 0 aliphatic carbocycles. The molecule has 0 bridgehead atoms. The minimum Gasteiger partial charge on any atom is -0.343 e. The Morgan fingerprint density at radius 3 is 2.65 bits per heavy atom. The van der Waals surface area contributed by atoms with E-state index in [-0.39, 0.29) is 11.9 Å². The number of amides is 1.